The topological polar surface area (TPSA) is 59.6 Å². The average Bonchev–Trinajstić information content (AvgIpc) is 2.58. The van der Waals surface area contributed by atoms with E-state index in [9.17, 15) is 4.79 Å². The molecule has 1 saturated heterocycles. The van der Waals surface area contributed by atoms with Crippen LogP contribution in [0.15, 0.2) is 24.3 Å². The summed E-state index contributed by atoms with van der Waals surface area (Å²) >= 11 is 0. The van der Waals surface area contributed by atoms with Crippen molar-refractivity contribution in [2.75, 3.05) is 33.4 Å². The molecule has 2 fully saturated rings. The molecule has 0 unspecified atom stereocenters. The van der Waals surface area contributed by atoms with E-state index in [2.05, 4.69) is 10.6 Å². The maximum absolute atomic E-state index is 12.4. The van der Waals surface area contributed by atoms with Gasteiger partial charge in [-0.3, -0.25) is 4.79 Å². The number of nitrogens with one attached hydrogen (secondary N) is 2. The van der Waals surface area contributed by atoms with Gasteiger partial charge in [0.25, 0.3) is 5.91 Å². The van der Waals surface area contributed by atoms with E-state index in [1.165, 1.54) is 6.42 Å². The highest BCUT2D eigenvalue weighted by Gasteiger charge is 2.32. The number of halogens is 1. The largest absolute Gasteiger partial charge is 0.490 e. The van der Waals surface area contributed by atoms with Crippen LogP contribution in [0.25, 0.3) is 0 Å². The Bertz CT molecular complexity index is 535. The van der Waals surface area contributed by atoms with Gasteiger partial charge < -0.3 is 20.1 Å². The predicted molar refractivity (Wildman–Crippen MR) is 101 cm³/mol. The monoisotopic (exact) mass is 368 g/mol. The number of rotatable bonds is 7. The van der Waals surface area contributed by atoms with Gasteiger partial charge in [0.05, 0.1) is 12.7 Å². The van der Waals surface area contributed by atoms with Crippen molar-refractivity contribution >= 4 is 18.3 Å². The van der Waals surface area contributed by atoms with Crippen LogP contribution in [0.3, 0.4) is 0 Å². The number of piperidine rings is 1. The number of hydrogen-bond donors (Lipinski definition) is 2. The number of ether oxygens (including phenoxy) is 2. The van der Waals surface area contributed by atoms with Crippen LogP contribution in [0.4, 0.5) is 0 Å². The molecule has 1 heterocycles. The minimum atomic E-state index is -0.0285. The summed E-state index contributed by atoms with van der Waals surface area (Å²) in [7, 11) is 1.73. The number of amides is 1. The summed E-state index contributed by atoms with van der Waals surface area (Å²) < 4.78 is 11.2. The molecule has 0 atom stereocenters. The van der Waals surface area contributed by atoms with Crippen LogP contribution in [-0.4, -0.2) is 45.4 Å². The maximum atomic E-state index is 12.4. The zero-order valence-corrected chi connectivity index (χ0v) is 15.7. The Hall–Kier alpha value is -1.30. The maximum Gasteiger partial charge on any atom is 0.251 e. The molecule has 25 heavy (non-hydrogen) atoms. The SMILES string of the molecule is COCC1(CNC(=O)c2ccc(OC3CCC3)cc2)CCNCC1.Cl. The molecule has 1 aromatic carbocycles. The zero-order chi connectivity index (χ0) is 16.8. The van der Waals surface area contributed by atoms with Crippen molar-refractivity contribution in [1.82, 2.24) is 10.6 Å². The van der Waals surface area contributed by atoms with Crippen LogP contribution in [-0.2, 0) is 4.74 Å². The van der Waals surface area contributed by atoms with E-state index in [1.54, 1.807) is 7.11 Å². The number of methoxy groups -OCH3 is 1. The highest BCUT2D eigenvalue weighted by atomic mass is 35.5. The van der Waals surface area contributed by atoms with Gasteiger partial charge in [0.1, 0.15) is 5.75 Å². The normalized spacial score (nSPS) is 19.4. The second-order valence-corrected chi connectivity index (χ2v) is 7.06. The number of carbonyl (C=O) groups is 1. The van der Waals surface area contributed by atoms with Gasteiger partial charge in [0, 0.05) is 24.6 Å². The lowest BCUT2D eigenvalue weighted by atomic mass is 9.79. The highest BCUT2D eigenvalue weighted by molar-refractivity contribution is 5.94. The van der Waals surface area contributed by atoms with Crippen LogP contribution < -0.4 is 15.4 Å². The fourth-order valence-electron chi connectivity index (χ4n) is 3.37. The van der Waals surface area contributed by atoms with Crippen molar-refractivity contribution in [3.05, 3.63) is 29.8 Å². The third-order valence-corrected chi connectivity index (χ3v) is 5.21. The Morgan fingerprint density at radius 2 is 1.92 bits per heavy atom. The number of benzene rings is 1. The highest BCUT2D eigenvalue weighted by Crippen LogP contribution is 2.28. The van der Waals surface area contributed by atoms with Gasteiger partial charge in [-0.2, -0.15) is 0 Å². The standard InChI is InChI=1S/C19H28N2O3.ClH/c1-23-14-19(9-11-20-12-10-19)13-21-18(22)15-5-7-17(8-6-15)24-16-3-2-4-16;/h5-8,16,20H,2-4,9-14H2,1H3,(H,21,22);1H. The Kier molecular flexibility index (Phi) is 7.54. The van der Waals surface area contributed by atoms with Gasteiger partial charge in [-0.05, 0) is 69.5 Å². The molecular formula is C19H29ClN2O3. The minimum Gasteiger partial charge on any atom is -0.490 e. The fraction of sp³-hybridized carbons (Fsp3) is 0.632. The molecule has 0 bridgehead atoms. The van der Waals surface area contributed by atoms with Crippen molar-refractivity contribution in [3.63, 3.8) is 0 Å². The van der Waals surface area contributed by atoms with Crippen molar-refractivity contribution in [3.8, 4) is 5.75 Å². The van der Waals surface area contributed by atoms with E-state index in [0.29, 0.717) is 24.8 Å². The quantitative estimate of drug-likeness (QED) is 0.777. The first kappa shape index (κ1) is 20.0. The van der Waals surface area contributed by atoms with Crippen LogP contribution in [0, 0.1) is 5.41 Å². The first-order valence-electron chi connectivity index (χ1n) is 8.95. The van der Waals surface area contributed by atoms with Gasteiger partial charge >= 0.3 is 0 Å². The van der Waals surface area contributed by atoms with E-state index in [1.807, 2.05) is 24.3 Å². The summed E-state index contributed by atoms with van der Waals surface area (Å²) in [5, 5.41) is 6.46. The summed E-state index contributed by atoms with van der Waals surface area (Å²) in [4.78, 5) is 12.4. The second kappa shape index (κ2) is 9.41. The molecule has 1 aliphatic heterocycles. The first-order valence-corrected chi connectivity index (χ1v) is 8.95. The van der Waals surface area contributed by atoms with Gasteiger partial charge in [0.15, 0.2) is 0 Å². The van der Waals surface area contributed by atoms with Crippen LogP contribution in [0.1, 0.15) is 42.5 Å². The van der Waals surface area contributed by atoms with Crippen LogP contribution >= 0.6 is 12.4 Å². The summed E-state index contributed by atoms with van der Waals surface area (Å²) in [6, 6.07) is 7.47. The smallest absolute Gasteiger partial charge is 0.251 e. The molecule has 0 radical (unpaired) electrons. The molecule has 5 nitrogen and oxygen atoms in total. The molecule has 1 amide bonds. The van der Waals surface area contributed by atoms with Gasteiger partial charge in [-0.1, -0.05) is 0 Å². The van der Waals surface area contributed by atoms with Gasteiger partial charge in [0.2, 0.25) is 0 Å². The van der Waals surface area contributed by atoms with E-state index in [-0.39, 0.29) is 23.7 Å². The van der Waals surface area contributed by atoms with Crippen molar-refractivity contribution in [2.45, 2.75) is 38.2 Å². The summed E-state index contributed by atoms with van der Waals surface area (Å²) in [6.07, 6.45) is 5.93. The second-order valence-electron chi connectivity index (χ2n) is 7.06. The third-order valence-electron chi connectivity index (χ3n) is 5.21. The van der Waals surface area contributed by atoms with E-state index >= 15 is 0 Å². The minimum absolute atomic E-state index is 0. The molecular weight excluding hydrogens is 340 g/mol. The van der Waals surface area contributed by atoms with Crippen LogP contribution in [0.5, 0.6) is 5.75 Å². The molecule has 6 heteroatoms. The Morgan fingerprint density at radius 3 is 2.48 bits per heavy atom. The molecule has 3 rings (SSSR count). The van der Waals surface area contributed by atoms with Crippen LogP contribution in [0.2, 0.25) is 0 Å². The summed E-state index contributed by atoms with van der Waals surface area (Å²) in [5.41, 5.74) is 0.723. The van der Waals surface area contributed by atoms with Gasteiger partial charge in [-0.25, -0.2) is 0 Å². The predicted octanol–water partition coefficient (Wildman–Crippen LogP) is 2.79. The Morgan fingerprint density at radius 1 is 1.24 bits per heavy atom. The van der Waals surface area contributed by atoms with Gasteiger partial charge in [-0.15, -0.1) is 12.4 Å². The molecule has 2 aliphatic rings. The molecule has 1 saturated carbocycles. The molecule has 0 spiro atoms. The lowest BCUT2D eigenvalue weighted by Crippen LogP contribution is -2.47. The lowest BCUT2D eigenvalue weighted by molar-refractivity contribution is 0.0511. The summed E-state index contributed by atoms with van der Waals surface area (Å²) in [5.74, 6) is 0.824. The molecule has 1 aromatic rings. The number of hydrogen-bond acceptors (Lipinski definition) is 4. The van der Waals surface area contributed by atoms with Crippen molar-refractivity contribution in [1.29, 1.82) is 0 Å². The molecule has 1 aliphatic carbocycles. The molecule has 0 aromatic heterocycles. The Labute approximate surface area is 156 Å². The number of carbonyl (C=O) groups excluding carboxylic acids is 1. The van der Waals surface area contributed by atoms with E-state index < -0.39 is 0 Å². The first-order chi connectivity index (χ1) is 11.7. The van der Waals surface area contributed by atoms with E-state index in [4.69, 9.17) is 9.47 Å². The molecule has 140 valence electrons. The van der Waals surface area contributed by atoms with Crippen molar-refractivity contribution in [2.24, 2.45) is 5.41 Å². The lowest BCUT2D eigenvalue weighted by Gasteiger charge is -2.37. The van der Waals surface area contributed by atoms with E-state index in [0.717, 1.165) is 44.5 Å². The summed E-state index contributed by atoms with van der Waals surface area (Å²) in [6.45, 7) is 3.30. The third kappa shape index (κ3) is 5.33. The average molecular weight is 369 g/mol. The van der Waals surface area contributed by atoms with Crippen molar-refractivity contribution < 1.29 is 14.3 Å². The molecule has 2 N–H and O–H groups in total. The zero-order valence-electron chi connectivity index (χ0n) is 14.9. The fourth-order valence-corrected chi connectivity index (χ4v) is 3.37. The Balaban J connectivity index is 0.00000225.